The average molecular weight is 368 g/mol. The number of methoxy groups -OCH3 is 1. The third-order valence-corrected chi connectivity index (χ3v) is 4.98. The van der Waals surface area contributed by atoms with Gasteiger partial charge in [-0.05, 0) is 37.8 Å². The molecule has 0 spiro atoms. The van der Waals surface area contributed by atoms with Crippen molar-refractivity contribution in [2.24, 2.45) is 5.92 Å². The zero-order valence-electron chi connectivity index (χ0n) is 16.6. The minimum absolute atomic E-state index is 0.164. The van der Waals surface area contributed by atoms with E-state index in [0.717, 1.165) is 30.6 Å². The predicted molar refractivity (Wildman–Crippen MR) is 108 cm³/mol. The second-order valence-electron chi connectivity index (χ2n) is 7.16. The number of hydrogen-bond donors (Lipinski definition) is 1. The van der Waals surface area contributed by atoms with E-state index in [2.05, 4.69) is 28.9 Å². The number of aromatic amines is 1. The van der Waals surface area contributed by atoms with Gasteiger partial charge >= 0.3 is 0 Å². The van der Waals surface area contributed by atoms with Crippen molar-refractivity contribution < 1.29 is 4.74 Å². The fourth-order valence-corrected chi connectivity index (χ4v) is 3.59. The Morgan fingerprint density at radius 1 is 1.26 bits per heavy atom. The highest BCUT2D eigenvalue weighted by atomic mass is 16.5. The van der Waals surface area contributed by atoms with Gasteiger partial charge in [0.05, 0.1) is 18.4 Å². The van der Waals surface area contributed by atoms with Gasteiger partial charge in [-0.1, -0.05) is 38.8 Å². The number of rotatable bonds is 8. The molecule has 0 unspecified atom stereocenters. The molecular weight excluding hydrogens is 340 g/mol. The normalized spacial score (nSPS) is 12.4. The molecule has 2 heterocycles. The summed E-state index contributed by atoms with van der Waals surface area (Å²) < 4.78 is 7.21. The van der Waals surface area contributed by atoms with E-state index in [4.69, 9.17) is 4.74 Å². The molecule has 27 heavy (non-hydrogen) atoms. The molecule has 2 aromatic heterocycles. The highest BCUT2D eigenvalue weighted by Gasteiger charge is 2.16. The first-order chi connectivity index (χ1) is 13.0. The van der Waals surface area contributed by atoms with Crippen molar-refractivity contribution in [3.05, 3.63) is 40.3 Å². The minimum atomic E-state index is -0.164. The Bertz CT molecular complexity index is 974. The van der Waals surface area contributed by atoms with Crippen molar-refractivity contribution in [3.63, 3.8) is 0 Å². The Kier molecular flexibility index (Phi) is 5.94. The molecular formula is C21H28N4O2. The third kappa shape index (κ3) is 4.04. The molecule has 0 fully saturated rings. The van der Waals surface area contributed by atoms with Crippen LogP contribution in [0.25, 0.3) is 22.4 Å². The van der Waals surface area contributed by atoms with E-state index in [-0.39, 0.29) is 5.56 Å². The standard InChI is InChI=1S/C21H28N4O2/c1-5-9-14(2)10-8-13-25-19-18(15(3)24-25)22-20(23-21(19)26)16-11-6-7-12-17(16)27-4/h6-7,11-12,14H,5,8-10,13H2,1-4H3,(H,22,23,26)/t14-/m0/s1. The number of hydrogen-bond acceptors (Lipinski definition) is 4. The van der Waals surface area contributed by atoms with Crippen LogP contribution in [-0.2, 0) is 6.54 Å². The number of ether oxygens (including phenoxy) is 1. The van der Waals surface area contributed by atoms with Gasteiger partial charge in [0.2, 0.25) is 0 Å². The molecule has 1 atom stereocenters. The lowest BCUT2D eigenvalue weighted by atomic mass is 10.0. The van der Waals surface area contributed by atoms with Gasteiger partial charge < -0.3 is 9.72 Å². The number of aromatic nitrogens is 4. The summed E-state index contributed by atoms with van der Waals surface area (Å²) in [6.07, 6.45) is 4.59. The lowest BCUT2D eigenvalue weighted by molar-refractivity contribution is 0.416. The molecule has 6 nitrogen and oxygen atoms in total. The van der Waals surface area contributed by atoms with Crippen LogP contribution in [0.1, 0.15) is 45.2 Å². The molecule has 3 aromatic rings. The molecule has 0 aliphatic heterocycles. The summed E-state index contributed by atoms with van der Waals surface area (Å²) in [5.41, 5.74) is 2.58. The van der Waals surface area contributed by atoms with Crippen molar-refractivity contribution in [1.29, 1.82) is 0 Å². The summed E-state index contributed by atoms with van der Waals surface area (Å²) in [7, 11) is 1.61. The number of fused-ring (bicyclic) bond motifs is 1. The Morgan fingerprint density at radius 2 is 2.04 bits per heavy atom. The molecule has 144 valence electrons. The second kappa shape index (κ2) is 8.37. The van der Waals surface area contributed by atoms with Crippen molar-refractivity contribution in [2.75, 3.05) is 7.11 Å². The zero-order valence-corrected chi connectivity index (χ0v) is 16.6. The number of aryl methyl sites for hydroxylation is 2. The fraction of sp³-hybridized carbons (Fsp3) is 0.476. The lowest BCUT2D eigenvalue weighted by Crippen LogP contribution is -2.14. The summed E-state index contributed by atoms with van der Waals surface area (Å²) in [6, 6.07) is 7.53. The highest BCUT2D eigenvalue weighted by Crippen LogP contribution is 2.27. The number of nitrogens with zero attached hydrogens (tertiary/aromatic N) is 3. The molecule has 0 saturated carbocycles. The van der Waals surface area contributed by atoms with Gasteiger partial charge in [0.1, 0.15) is 17.1 Å². The van der Waals surface area contributed by atoms with Crippen molar-refractivity contribution in [3.8, 4) is 17.1 Å². The van der Waals surface area contributed by atoms with E-state index in [0.29, 0.717) is 28.5 Å². The van der Waals surface area contributed by atoms with Crippen molar-refractivity contribution in [2.45, 2.75) is 53.0 Å². The minimum Gasteiger partial charge on any atom is -0.496 e. The zero-order chi connectivity index (χ0) is 19.4. The Hall–Kier alpha value is -2.63. The van der Waals surface area contributed by atoms with Gasteiger partial charge in [0, 0.05) is 6.54 Å². The molecule has 6 heteroatoms. The van der Waals surface area contributed by atoms with E-state index in [1.807, 2.05) is 31.2 Å². The Morgan fingerprint density at radius 3 is 2.78 bits per heavy atom. The Labute approximate surface area is 159 Å². The molecule has 0 saturated heterocycles. The fourth-order valence-electron chi connectivity index (χ4n) is 3.59. The summed E-state index contributed by atoms with van der Waals surface area (Å²) in [6.45, 7) is 7.13. The van der Waals surface area contributed by atoms with Gasteiger partial charge in [0.15, 0.2) is 5.52 Å². The number of H-pyrrole nitrogens is 1. The van der Waals surface area contributed by atoms with Gasteiger partial charge in [0.25, 0.3) is 5.56 Å². The van der Waals surface area contributed by atoms with E-state index in [1.165, 1.54) is 12.8 Å². The molecule has 0 aliphatic rings. The second-order valence-corrected chi connectivity index (χ2v) is 7.16. The maximum atomic E-state index is 12.8. The molecule has 0 amide bonds. The largest absolute Gasteiger partial charge is 0.496 e. The first-order valence-electron chi connectivity index (χ1n) is 9.66. The predicted octanol–water partition coefficient (Wildman–Crippen LogP) is 4.32. The van der Waals surface area contributed by atoms with Crippen LogP contribution in [0.4, 0.5) is 0 Å². The van der Waals surface area contributed by atoms with E-state index in [9.17, 15) is 4.79 Å². The van der Waals surface area contributed by atoms with E-state index in [1.54, 1.807) is 11.8 Å². The van der Waals surface area contributed by atoms with Gasteiger partial charge in [-0.25, -0.2) is 4.98 Å². The summed E-state index contributed by atoms with van der Waals surface area (Å²) in [5.74, 6) is 1.88. The van der Waals surface area contributed by atoms with Crippen LogP contribution in [0.15, 0.2) is 29.1 Å². The van der Waals surface area contributed by atoms with Crippen LogP contribution >= 0.6 is 0 Å². The lowest BCUT2D eigenvalue weighted by Gasteiger charge is -2.10. The summed E-state index contributed by atoms with van der Waals surface area (Å²) in [5, 5.41) is 4.57. The van der Waals surface area contributed by atoms with E-state index >= 15 is 0 Å². The van der Waals surface area contributed by atoms with Crippen LogP contribution < -0.4 is 10.3 Å². The topological polar surface area (TPSA) is 72.8 Å². The highest BCUT2D eigenvalue weighted by molar-refractivity contribution is 5.79. The number of benzene rings is 1. The van der Waals surface area contributed by atoms with E-state index < -0.39 is 0 Å². The number of nitrogens with one attached hydrogen (secondary N) is 1. The van der Waals surface area contributed by atoms with Gasteiger partial charge in [-0.2, -0.15) is 5.10 Å². The average Bonchev–Trinajstić information content (AvgIpc) is 2.98. The summed E-state index contributed by atoms with van der Waals surface area (Å²) >= 11 is 0. The van der Waals surface area contributed by atoms with Crippen LogP contribution in [0.2, 0.25) is 0 Å². The molecule has 0 radical (unpaired) electrons. The maximum Gasteiger partial charge on any atom is 0.277 e. The van der Waals surface area contributed by atoms with Crippen LogP contribution in [-0.4, -0.2) is 26.9 Å². The molecule has 1 aromatic carbocycles. The Balaban J connectivity index is 1.93. The molecule has 1 N–H and O–H groups in total. The van der Waals surface area contributed by atoms with Crippen molar-refractivity contribution in [1.82, 2.24) is 19.7 Å². The van der Waals surface area contributed by atoms with Crippen molar-refractivity contribution >= 4 is 11.0 Å². The smallest absolute Gasteiger partial charge is 0.277 e. The molecule has 0 bridgehead atoms. The van der Waals surface area contributed by atoms with Crippen LogP contribution in [0.3, 0.4) is 0 Å². The summed E-state index contributed by atoms with van der Waals surface area (Å²) in [4.78, 5) is 20.4. The SMILES string of the molecule is CCC[C@H](C)CCCn1nc(C)c2nc(-c3ccccc3OC)[nH]c(=O)c21. The molecule has 0 aliphatic carbocycles. The van der Waals surface area contributed by atoms with Crippen LogP contribution in [0, 0.1) is 12.8 Å². The maximum absolute atomic E-state index is 12.8. The first-order valence-corrected chi connectivity index (χ1v) is 9.66. The molecule has 3 rings (SSSR count). The third-order valence-electron chi connectivity index (χ3n) is 4.98. The van der Waals surface area contributed by atoms with Gasteiger partial charge in [-0.3, -0.25) is 9.48 Å². The van der Waals surface area contributed by atoms with Crippen LogP contribution in [0.5, 0.6) is 5.75 Å². The number of para-hydroxylation sites is 1. The van der Waals surface area contributed by atoms with Gasteiger partial charge in [-0.15, -0.1) is 0 Å². The monoisotopic (exact) mass is 368 g/mol. The quantitative estimate of drug-likeness (QED) is 0.643. The first kappa shape index (κ1) is 19.1.